The molecule has 7 nitrogen and oxygen atoms in total. The molecule has 1 heterocycles. The van der Waals surface area contributed by atoms with Crippen molar-refractivity contribution in [3.05, 3.63) is 46.8 Å². The van der Waals surface area contributed by atoms with E-state index in [-0.39, 0.29) is 23.4 Å². The molecule has 0 saturated carbocycles. The Morgan fingerprint density at radius 2 is 1.81 bits per heavy atom. The fourth-order valence-corrected chi connectivity index (χ4v) is 4.20. The first kappa shape index (κ1) is 21.1. The fourth-order valence-electron chi connectivity index (χ4n) is 2.94. The Kier molecular flexibility index (Phi) is 6.43. The van der Waals surface area contributed by atoms with E-state index >= 15 is 0 Å². The van der Waals surface area contributed by atoms with Gasteiger partial charge >= 0.3 is 0 Å². The first-order valence-corrected chi connectivity index (χ1v) is 10.4. The van der Waals surface area contributed by atoms with Gasteiger partial charge in [-0.1, -0.05) is 31.2 Å². The Morgan fingerprint density at radius 1 is 1.22 bits per heavy atom. The molecule has 27 heavy (non-hydrogen) atoms. The van der Waals surface area contributed by atoms with Crippen molar-refractivity contribution in [2.45, 2.75) is 51.6 Å². The minimum absolute atomic E-state index is 0.0347. The summed E-state index contributed by atoms with van der Waals surface area (Å²) in [5.41, 5.74) is 3.10. The molecular formula is C19H28N4O3S. The molecule has 0 spiro atoms. The number of aromatic nitrogens is 2. The van der Waals surface area contributed by atoms with Crippen LogP contribution in [0.25, 0.3) is 0 Å². The van der Waals surface area contributed by atoms with Gasteiger partial charge in [-0.15, -0.1) is 0 Å². The third-order valence-corrected chi connectivity index (χ3v) is 6.68. The van der Waals surface area contributed by atoms with Crippen LogP contribution in [-0.4, -0.2) is 42.5 Å². The van der Waals surface area contributed by atoms with E-state index < -0.39 is 10.0 Å². The number of amides is 1. The first-order valence-electron chi connectivity index (χ1n) is 8.92. The summed E-state index contributed by atoms with van der Waals surface area (Å²) < 4.78 is 27.5. The molecule has 0 aliphatic heterocycles. The van der Waals surface area contributed by atoms with Gasteiger partial charge in [0.1, 0.15) is 11.4 Å². The monoisotopic (exact) mass is 392 g/mol. The molecule has 0 radical (unpaired) electrons. The Morgan fingerprint density at radius 3 is 2.33 bits per heavy atom. The van der Waals surface area contributed by atoms with Crippen molar-refractivity contribution in [1.29, 1.82) is 0 Å². The Bertz CT molecular complexity index is 915. The van der Waals surface area contributed by atoms with Crippen molar-refractivity contribution in [3.63, 3.8) is 0 Å². The summed E-state index contributed by atoms with van der Waals surface area (Å²) >= 11 is 0. The van der Waals surface area contributed by atoms with Gasteiger partial charge in [0.25, 0.3) is 0 Å². The lowest BCUT2D eigenvalue weighted by Gasteiger charge is -2.15. The summed E-state index contributed by atoms with van der Waals surface area (Å²) in [6.45, 7) is 7.28. The smallest absolute Gasteiger partial charge is 0.246 e. The predicted octanol–water partition coefficient (Wildman–Crippen LogP) is 2.19. The molecule has 2 aromatic rings. The van der Waals surface area contributed by atoms with Gasteiger partial charge in [-0.05, 0) is 38.3 Å². The largest absolute Gasteiger partial charge is 0.348 e. The number of sulfonamides is 1. The minimum Gasteiger partial charge on any atom is -0.348 e. The van der Waals surface area contributed by atoms with Crippen LogP contribution in [0.5, 0.6) is 0 Å². The number of aryl methyl sites for hydroxylation is 2. The molecule has 1 amide bonds. The van der Waals surface area contributed by atoms with E-state index in [4.69, 9.17) is 0 Å². The standard InChI is InChI=1S/C19H28N4O3S/c1-7-16-8-10-17(11-9-16)13(2)20-18(24)12-23-15(4)19(14(3)21-23)27(25,26)22(5)6/h8-11,13H,7,12H2,1-6H3,(H,20,24). The molecule has 1 aromatic carbocycles. The second-order valence-electron chi connectivity index (χ2n) is 6.83. The van der Waals surface area contributed by atoms with E-state index in [0.717, 1.165) is 16.3 Å². The summed E-state index contributed by atoms with van der Waals surface area (Å²) in [6, 6.07) is 7.98. The highest BCUT2D eigenvalue weighted by atomic mass is 32.2. The second kappa shape index (κ2) is 8.22. The molecule has 0 aliphatic carbocycles. The average molecular weight is 393 g/mol. The van der Waals surface area contributed by atoms with Crippen LogP contribution in [0.15, 0.2) is 29.2 Å². The van der Waals surface area contributed by atoms with E-state index in [1.807, 2.05) is 19.1 Å². The molecule has 0 saturated heterocycles. The molecule has 1 atom stereocenters. The highest BCUT2D eigenvalue weighted by molar-refractivity contribution is 7.89. The summed E-state index contributed by atoms with van der Waals surface area (Å²) in [7, 11) is -0.656. The second-order valence-corrected chi connectivity index (χ2v) is 8.92. The molecular weight excluding hydrogens is 364 g/mol. The molecule has 0 aliphatic rings. The van der Waals surface area contributed by atoms with E-state index in [9.17, 15) is 13.2 Å². The van der Waals surface area contributed by atoms with E-state index in [1.54, 1.807) is 13.8 Å². The zero-order chi connectivity index (χ0) is 20.4. The van der Waals surface area contributed by atoms with Crippen molar-refractivity contribution in [3.8, 4) is 0 Å². The van der Waals surface area contributed by atoms with Gasteiger partial charge in [-0.3, -0.25) is 9.48 Å². The number of nitrogens with zero attached hydrogens (tertiary/aromatic N) is 3. The third-order valence-electron chi connectivity index (χ3n) is 4.61. The fraction of sp³-hybridized carbons (Fsp3) is 0.474. The highest BCUT2D eigenvalue weighted by Gasteiger charge is 2.27. The summed E-state index contributed by atoms with van der Waals surface area (Å²) in [5.74, 6) is -0.221. The predicted molar refractivity (Wildman–Crippen MR) is 105 cm³/mol. The van der Waals surface area contributed by atoms with Gasteiger partial charge in [0.2, 0.25) is 15.9 Å². The Hall–Kier alpha value is -2.19. The van der Waals surface area contributed by atoms with Crippen LogP contribution in [0.1, 0.15) is 42.4 Å². The maximum Gasteiger partial charge on any atom is 0.246 e. The van der Waals surface area contributed by atoms with Gasteiger partial charge in [0.05, 0.1) is 17.4 Å². The van der Waals surface area contributed by atoms with Crippen LogP contribution in [0.2, 0.25) is 0 Å². The van der Waals surface area contributed by atoms with Crippen LogP contribution >= 0.6 is 0 Å². The zero-order valence-electron chi connectivity index (χ0n) is 16.8. The van der Waals surface area contributed by atoms with E-state index in [0.29, 0.717) is 11.4 Å². The van der Waals surface area contributed by atoms with Gasteiger partial charge < -0.3 is 5.32 Å². The third kappa shape index (κ3) is 4.56. The Balaban J connectivity index is 2.14. The zero-order valence-corrected chi connectivity index (χ0v) is 17.6. The summed E-state index contributed by atoms with van der Waals surface area (Å²) in [4.78, 5) is 12.6. The molecule has 0 bridgehead atoms. The van der Waals surface area contributed by atoms with Crippen LogP contribution in [0.4, 0.5) is 0 Å². The first-order chi connectivity index (χ1) is 12.6. The number of hydrogen-bond donors (Lipinski definition) is 1. The number of carbonyl (C=O) groups excluding carboxylic acids is 1. The van der Waals surface area contributed by atoms with Crippen LogP contribution in [0.3, 0.4) is 0 Å². The van der Waals surface area contributed by atoms with Gasteiger partial charge in [-0.2, -0.15) is 5.10 Å². The van der Waals surface area contributed by atoms with Crippen molar-refractivity contribution >= 4 is 15.9 Å². The highest BCUT2D eigenvalue weighted by Crippen LogP contribution is 2.22. The lowest BCUT2D eigenvalue weighted by Crippen LogP contribution is -2.31. The molecule has 1 unspecified atom stereocenters. The molecule has 1 aromatic heterocycles. The average Bonchev–Trinajstić information content (AvgIpc) is 2.88. The molecule has 2 rings (SSSR count). The minimum atomic E-state index is -3.61. The van der Waals surface area contributed by atoms with Crippen molar-refractivity contribution in [2.24, 2.45) is 0 Å². The van der Waals surface area contributed by atoms with E-state index in [1.165, 1.54) is 24.3 Å². The number of carbonyl (C=O) groups is 1. The van der Waals surface area contributed by atoms with E-state index in [2.05, 4.69) is 29.5 Å². The number of rotatable bonds is 7. The normalized spacial score (nSPS) is 13.0. The van der Waals surface area contributed by atoms with Crippen LogP contribution in [-0.2, 0) is 27.8 Å². The summed E-state index contributed by atoms with van der Waals surface area (Å²) in [6.07, 6.45) is 0.969. The molecule has 0 fully saturated rings. The van der Waals surface area contributed by atoms with Crippen molar-refractivity contribution in [2.75, 3.05) is 14.1 Å². The summed E-state index contributed by atoms with van der Waals surface area (Å²) in [5, 5.41) is 7.19. The molecule has 8 heteroatoms. The number of nitrogens with one attached hydrogen (secondary N) is 1. The van der Waals surface area contributed by atoms with Gasteiger partial charge in [0, 0.05) is 14.1 Å². The topological polar surface area (TPSA) is 84.3 Å². The SMILES string of the molecule is CCc1ccc(C(C)NC(=O)Cn2nc(C)c(S(=O)(=O)N(C)C)c2C)cc1. The van der Waals surface area contributed by atoms with Crippen molar-refractivity contribution < 1.29 is 13.2 Å². The van der Waals surface area contributed by atoms with Crippen LogP contribution in [0, 0.1) is 13.8 Å². The molecule has 148 valence electrons. The molecule has 1 N–H and O–H groups in total. The number of benzene rings is 1. The lowest BCUT2D eigenvalue weighted by atomic mass is 10.1. The maximum atomic E-state index is 12.5. The van der Waals surface area contributed by atoms with Crippen molar-refractivity contribution in [1.82, 2.24) is 19.4 Å². The van der Waals surface area contributed by atoms with Gasteiger partial charge in [0.15, 0.2) is 0 Å². The lowest BCUT2D eigenvalue weighted by molar-refractivity contribution is -0.122. The quantitative estimate of drug-likeness (QED) is 0.783. The Labute approximate surface area is 161 Å². The van der Waals surface area contributed by atoms with Gasteiger partial charge in [-0.25, -0.2) is 12.7 Å². The van der Waals surface area contributed by atoms with Crippen LogP contribution < -0.4 is 5.32 Å². The maximum absolute atomic E-state index is 12.5. The number of hydrogen-bond acceptors (Lipinski definition) is 4.